The van der Waals surface area contributed by atoms with E-state index >= 15 is 0 Å². The van der Waals surface area contributed by atoms with Crippen molar-refractivity contribution in [2.45, 2.75) is 0 Å². The van der Waals surface area contributed by atoms with Crippen LogP contribution in [-0.4, -0.2) is 29.9 Å². The van der Waals surface area contributed by atoms with Gasteiger partial charge in [-0.05, 0) is 0 Å². The van der Waals surface area contributed by atoms with Crippen LogP contribution in [0.3, 0.4) is 0 Å². The molecule has 0 radical (unpaired) electrons. The van der Waals surface area contributed by atoms with Gasteiger partial charge in [0, 0.05) is 0 Å². The average molecular weight is 146 g/mol. The van der Waals surface area contributed by atoms with Gasteiger partial charge in [0.1, 0.15) is 0 Å². The largest absolute Gasteiger partial charge is 0.476 e. The highest BCUT2D eigenvalue weighted by molar-refractivity contribution is 6.62. The van der Waals surface area contributed by atoms with Crippen molar-refractivity contribution in [2.75, 3.05) is 7.11 Å². The number of aliphatic carboxylic acids is 1. The molecule has 0 rings (SSSR count). The van der Waals surface area contributed by atoms with E-state index in [1.807, 2.05) is 0 Å². The van der Waals surface area contributed by atoms with Crippen molar-refractivity contribution in [3.05, 3.63) is 0 Å². The lowest BCUT2D eigenvalue weighted by atomic mass is 10.4. The van der Waals surface area contributed by atoms with E-state index in [2.05, 4.69) is 15.7 Å². The highest BCUT2D eigenvalue weighted by Gasteiger charge is 2.19. The number of carboxylic acids is 1. The van der Waals surface area contributed by atoms with Gasteiger partial charge in [-0.3, -0.25) is 0 Å². The number of methoxy groups -OCH3 is 1. The van der Waals surface area contributed by atoms with Crippen molar-refractivity contribution in [3.63, 3.8) is 0 Å². The first-order valence-electron chi connectivity index (χ1n) is 2.23. The number of esters is 1. The number of rotatable bonds is 2. The van der Waals surface area contributed by atoms with E-state index in [0.717, 1.165) is 7.11 Å². The summed E-state index contributed by atoms with van der Waals surface area (Å²) in [4.78, 5) is 20.4. The van der Waals surface area contributed by atoms with Crippen LogP contribution in [0.4, 0.5) is 0 Å². The smallest absolute Gasteiger partial charge is 0.366 e. The Kier molecular flexibility index (Phi) is 2.89. The van der Waals surface area contributed by atoms with Crippen LogP contribution in [0.1, 0.15) is 0 Å². The van der Waals surface area contributed by atoms with Crippen LogP contribution in [0.5, 0.6) is 0 Å². The van der Waals surface area contributed by atoms with Gasteiger partial charge in [0.15, 0.2) is 0 Å². The molecule has 0 bridgehead atoms. The molecule has 0 fully saturated rings. The predicted octanol–water partition coefficient (Wildman–Crippen LogP) is -1.44. The number of hydrogen-bond acceptors (Lipinski definition) is 5. The number of hydrazone groups is 1. The van der Waals surface area contributed by atoms with E-state index in [9.17, 15) is 9.59 Å². The lowest BCUT2D eigenvalue weighted by molar-refractivity contribution is -0.136. The third-order valence-electron chi connectivity index (χ3n) is 0.710. The van der Waals surface area contributed by atoms with Crippen molar-refractivity contribution in [1.29, 1.82) is 0 Å². The van der Waals surface area contributed by atoms with Gasteiger partial charge in [-0.2, -0.15) is 5.10 Å². The molecule has 10 heavy (non-hydrogen) atoms. The molecule has 0 aromatic rings. The summed E-state index contributed by atoms with van der Waals surface area (Å²) in [5.74, 6) is 1.99. The second kappa shape index (κ2) is 3.44. The van der Waals surface area contributed by atoms with E-state index in [4.69, 9.17) is 5.11 Å². The normalized spacial score (nSPS) is 10.7. The molecule has 0 aromatic heterocycles. The molecule has 56 valence electrons. The fraction of sp³-hybridized carbons (Fsp3) is 0.250. The van der Waals surface area contributed by atoms with Gasteiger partial charge in [-0.25, -0.2) is 9.59 Å². The highest BCUT2D eigenvalue weighted by atomic mass is 16.5. The van der Waals surface area contributed by atoms with Crippen LogP contribution in [0.25, 0.3) is 0 Å². The number of carbonyl (C=O) groups is 2. The van der Waals surface area contributed by atoms with Crippen molar-refractivity contribution in [2.24, 2.45) is 10.9 Å². The summed E-state index contributed by atoms with van der Waals surface area (Å²) >= 11 is 0. The summed E-state index contributed by atoms with van der Waals surface area (Å²) < 4.78 is 4.03. The van der Waals surface area contributed by atoms with Gasteiger partial charge in [0.05, 0.1) is 7.11 Å². The SMILES string of the molecule is COC(=O)C(=NN)C(=O)O. The van der Waals surface area contributed by atoms with E-state index in [-0.39, 0.29) is 0 Å². The topological polar surface area (TPSA) is 102 Å². The van der Waals surface area contributed by atoms with Crippen LogP contribution >= 0.6 is 0 Å². The summed E-state index contributed by atoms with van der Waals surface area (Å²) in [5, 5.41) is 10.9. The molecule has 0 aromatic carbocycles. The summed E-state index contributed by atoms with van der Waals surface area (Å²) in [6, 6.07) is 0. The first kappa shape index (κ1) is 8.41. The van der Waals surface area contributed by atoms with Crippen molar-refractivity contribution >= 4 is 17.7 Å². The third kappa shape index (κ3) is 1.73. The Labute approximate surface area is 56.3 Å². The Morgan fingerprint density at radius 3 is 2.20 bits per heavy atom. The van der Waals surface area contributed by atoms with E-state index in [1.54, 1.807) is 0 Å². The van der Waals surface area contributed by atoms with Crippen molar-refractivity contribution in [3.8, 4) is 0 Å². The Hall–Kier alpha value is -1.59. The van der Waals surface area contributed by atoms with Crippen LogP contribution in [0, 0.1) is 0 Å². The quantitative estimate of drug-likeness (QED) is 0.163. The van der Waals surface area contributed by atoms with E-state index in [1.165, 1.54) is 0 Å². The Bertz CT molecular complexity index is 186. The highest BCUT2D eigenvalue weighted by Crippen LogP contribution is 1.80. The standard InChI is InChI=1S/C4H6N2O4/c1-10-4(9)2(6-5)3(7)8/h5H2,1H3,(H,7,8). The second-order valence-corrected chi connectivity index (χ2v) is 1.27. The Morgan fingerprint density at radius 2 is 2.10 bits per heavy atom. The molecule has 0 unspecified atom stereocenters. The average Bonchev–Trinajstić information content (AvgIpc) is 1.88. The molecular weight excluding hydrogens is 140 g/mol. The summed E-state index contributed by atoms with van der Waals surface area (Å²) in [5.41, 5.74) is -0.817. The number of carboxylic acid groups (broad SMARTS) is 1. The minimum absolute atomic E-state index is 0.817. The number of ether oxygens (including phenoxy) is 1. The number of nitrogens with zero attached hydrogens (tertiary/aromatic N) is 1. The van der Waals surface area contributed by atoms with Gasteiger partial charge in [0.25, 0.3) is 5.71 Å². The molecule has 6 heteroatoms. The lowest BCUT2D eigenvalue weighted by Crippen LogP contribution is -2.26. The van der Waals surface area contributed by atoms with Crippen molar-refractivity contribution in [1.82, 2.24) is 0 Å². The van der Waals surface area contributed by atoms with Gasteiger partial charge < -0.3 is 15.7 Å². The molecule has 0 saturated carbocycles. The van der Waals surface area contributed by atoms with E-state index < -0.39 is 17.7 Å². The number of nitrogens with two attached hydrogens (primary N) is 1. The molecule has 3 N–H and O–H groups in total. The summed E-state index contributed by atoms with van der Waals surface area (Å²) in [6.45, 7) is 0. The maximum atomic E-state index is 10.4. The maximum absolute atomic E-state index is 10.4. The third-order valence-corrected chi connectivity index (χ3v) is 0.710. The zero-order valence-electron chi connectivity index (χ0n) is 5.20. The Morgan fingerprint density at radius 1 is 1.60 bits per heavy atom. The van der Waals surface area contributed by atoms with E-state index in [0.29, 0.717) is 0 Å². The summed E-state index contributed by atoms with van der Waals surface area (Å²) in [7, 11) is 1.04. The van der Waals surface area contributed by atoms with Crippen LogP contribution in [-0.2, 0) is 14.3 Å². The number of carbonyl (C=O) groups excluding carboxylic acids is 1. The molecule has 0 saturated heterocycles. The first-order valence-corrected chi connectivity index (χ1v) is 2.23. The lowest BCUT2D eigenvalue weighted by Gasteiger charge is -1.94. The van der Waals surface area contributed by atoms with Gasteiger partial charge in [0.2, 0.25) is 0 Å². The molecule has 0 spiro atoms. The van der Waals surface area contributed by atoms with Gasteiger partial charge in [-0.1, -0.05) is 0 Å². The summed E-state index contributed by atoms with van der Waals surface area (Å²) in [6.07, 6.45) is 0. The molecule has 6 nitrogen and oxygen atoms in total. The molecule has 0 amide bonds. The molecular formula is C4H6N2O4. The molecule has 0 heterocycles. The molecule has 0 aliphatic heterocycles. The molecule has 0 aliphatic rings. The number of hydrogen-bond donors (Lipinski definition) is 2. The fourth-order valence-electron chi connectivity index (χ4n) is 0.292. The first-order chi connectivity index (χ1) is 4.63. The minimum Gasteiger partial charge on any atom is -0.476 e. The van der Waals surface area contributed by atoms with Gasteiger partial charge >= 0.3 is 11.9 Å². The predicted molar refractivity (Wildman–Crippen MR) is 31.3 cm³/mol. The minimum atomic E-state index is -1.51. The van der Waals surface area contributed by atoms with Gasteiger partial charge in [-0.15, -0.1) is 0 Å². The fourth-order valence-corrected chi connectivity index (χ4v) is 0.292. The zero-order chi connectivity index (χ0) is 8.15. The maximum Gasteiger partial charge on any atom is 0.366 e. The Balaban J connectivity index is 4.39. The molecule has 0 atom stereocenters. The van der Waals surface area contributed by atoms with Crippen molar-refractivity contribution < 1.29 is 19.4 Å². The van der Waals surface area contributed by atoms with Crippen LogP contribution < -0.4 is 5.84 Å². The zero-order valence-corrected chi connectivity index (χ0v) is 5.20. The van der Waals surface area contributed by atoms with Crippen LogP contribution in [0.15, 0.2) is 5.10 Å². The van der Waals surface area contributed by atoms with Crippen LogP contribution in [0.2, 0.25) is 0 Å². The monoisotopic (exact) mass is 146 g/mol. The second-order valence-electron chi connectivity index (χ2n) is 1.27. The molecule has 0 aliphatic carbocycles.